The van der Waals surface area contributed by atoms with Gasteiger partial charge in [-0.1, -0.05) is 6.92 Å². The van der Waals surface area contributed by atoms with Gasteiger partial charge in [0, 0.05) is 24.7 Å². The van der Waals surface area contributed by atoms with Crippen molar-refractivity contribution in [2.24, 2.45) is 0 Å². The molecule has 0 radical (unpaired) electrons. The van der Waals surface area contributed by atoms with E-state index in [1.807, 2.05) is 6.07 Å². The minimum absolute atomic E-state index is 0.0414. The van der Waals surface area contributed by atoms with Gasteiger partial charge in [0.05, 0.1) is 12.8 Å². The van der Waals surface area contributed by atoms with Gasteiger partial charge < -0.3 is 10.1 Å². The fourth-order valence-electron chi connectivity index (χ4n) is 1.54. The molecule has 0 bridgehead atoms. The number of hydrogen-bond acceptors (Lipinski definition) is 3. The van der Waals surface area contributed by atoms with Gasteiger partial charge in [0.15, 0.2) is 0 Å². The number of hydrogen-bond donors (Lipinski definition) is 1. The van der Waals surface area contributed by atoms with E-state index in [0.29, 0.717) is 12.3 Å². The summed E-state index contributed by atoms with van der Waals surface area (Å²) in [6.07, 6.45) is -0.782. The number of rotatable bonds is 8. The van der Waals surface area contributed by atoms with E-state index in [1.165, 1.54) is 6.20 Å². The second-order valence-corrected chi connectivity index (χ2v) is 4.23. The molecule has 0 aliphatic carbocycles. The Morgan fingerprint density at radius 3 is 2.84 bits per heavy atom. The minimum Gasteiger partial charge on any atom is -0.492 e. The quantitative estimate of drug-likeness (QED) is 0.740. The molecule has 0 aromatic carbocycles. The van der Waals surface area contributed by atoms with Gasteiger partial charge in [-0.25, -0.2) is 0 Å². The van der Waals surface area contributed by atoms with E-state index in [4.69, 9.17) is 4.74 Å². The number of ether oxygens (including phenoxy) is 1. The lowest BCUT2D eigenvalue weighted by atomic mass is 10.2. The first-order valence-electron chi connectivity index (χ1n) is 6.36. The summed E-state index contributed by atoms with van der Waals surface area (Å²) < 4.78 is 41.3. The number of nitrogens with one attached hydrogen (secondary N) is 1. The summed E-state index contributed by atoms with van der Waals surface area (Å²) in [6, 6.07) is 1.81. The molecule has 0 atom stereocenters. The van der Waals surface area contributed by atoms with E-state index in [2.05, 4.69) is 17.2 Å². The number of halogens is 3. The Morgan fingerprint density at radius 1 is 1.37 bits per heavy atom. The maximum Gasteiger partial charge on any atom is 0.389 e. The summed E-state index contributed by atoms with van der Waals surface area (Å²) >= 11 is 0. The Hall–Kier alpha value is -1.30. The lowest BCUT2D eigenvalue weighted by Crippen LogP contribution is -2.15. The lowest BCUT2D eigenvalue weighted by molar-refractivity contribution is -0.136. The van der Waals surface area contributed by atoms with Crippen molar-refractivity contribution in [1.82, 2.24) is 10.3 Å². The second kappa shape index (κ2) is 7.99. The Kier molecular flexibility index (Phi) is 6.62. The van der Waals surface area contributed by atoms with Crippen molar-refractivity contribution in [3.63, 3.8) is 0 Å². The van der Waals surface area contributed by atoms with Crippen LogP contribution in [0.15, 0.2) is 18.5 Å². The number of nitrogens with zero attached hydrogens (tertiary/aromatic N) is 1. The van der Waals surface area contributed by atoms with Crippen LogP contribution in [-0.2, 0) is 6.54 Å². The summed E-state index contributed by atoms with van der Waals surface area (Å²) in [5, 5.41) is 3.22. The first-order valence-corrected chi connectivity index (χ1v) is 6.36. The molecule has 0 amide bonds. The normalized spacial score (nSPS) is 11.6. The molecular formula is C13H19F3N2O. The second-order valence-electron chi connectivity index (χ2n) is 4.23. The zero-order valence-corrected chi connectivity index (χ0v) is 11.0. The van der Waals surface area contributed by atoms with Gasteiger partial charge in [-0.05, 0) is 25.5 Å². The Morgan fingerprint density at radius 2 is 2.16 bits per heavy atom. The Labute approximate surface area is 111 Å². The molecule has 1 aromatic heterocycles. The zero-order valence-electron chi connectivity index (χ0n) is 11.0. The third-order valence-corrected chi connectivity index (χ3v) is 2.47. The van der Waals surface area contributed by atoms with E-state index in [1.54, 1.807) is 6.20 Å². The maximum absolute atomic E-state index is 12.0. The van der Waals surface area contributed by atoms with E-state index < -0.39 is 12.6 Å². The molecule has 0 fully saturated rings. The topological polar surface area (TPSA) is 34.2 Å². The summed E-state index contributed by atoms with van der Waals surface area (Å²) in [4.78, 5) is 3.93. The third-order valence-electron chi connectivity index (χ3n) is 2.47. The molecule has 0 unspecified atom stereocenters. The molecule has 0 saturated carbocycles. The average molecular weight is 276 g/mol. The monoisotopic (exact) mass is 276 g/mol. The average Bonchev–Trinajstić information content (AvgIpc) is 2.35. The van der Waals surface area contributed by atoms with Crippen molar-refractivity contribution in [2.45, 2.75) is 38.9 Å². The first kappa shape index (κ1) is 15.8. The fourth-order valence-corrected chi connectivity index (χ4v) is 1.54. The van der Waals surface area contributed by atoms with Crippen LogP contribution in [0.25, 0.3) is 0 Å². The highest BCUT2D eigenvalue weighted by molar-refractivity contribution is 5.29. The minimum atomic E-state index is -4.12. The van der Waals surface area contributed by atoms with Crippen molar-refractivity contribution < 1.29 is 17.9 Å². The highest BCUT2D eigenvalue weighted by atomic mass is 19.4. The molecule has 0 aliphatic heterocycles. The van der Waals surface area contributed by atoms with Gasteiger partial charge in [-0.2, -0.15) is 13.2 Å². The van der Waals surface area contributed by atoms with Crippen LogP contribution in [0.1, 0.15) is 31.7 Å². The van der Waals surface area contributed by atoms with Crippen molar-refractivity contribution in [3.05, 3.63) is 24.0 Å². The van der Waals surface area contributed by atoms with Gasteiger partial charge in [-0.15, -0.1) is 0 Å². The van der Waals surface area contributed by atoms with Crippen molar-refractivity contribution in [2.75, 3.05) is 13.2 Å². The van der Waals surface area contributed by atoms with E-state index in [0.717, 1.165) is 18.5 Å². The first-order chi connectivity index (χ1) is 9.03. The van der Waals surface area contributed by atoms with E-state index >= 15 is 0 Å². The summed E-state index contributed by atoms with van der Waals surface area (Å²) in [5.74, 6) is 0.549. The Bertz CT molecular complexity index is 369. The van der Waals surface area contributed by atoms with Crippen LogP contribution in [0.3, 0.4) is 0 Å². The molecule has 0 aliphatic rings. The van der Waals surface area contributed by atoms with Crippen LogP contribution in [0.2, 0.25) is 0 Å². The lowest BCUT2D eigenvalue weighted by Gasteiger charge is -2.12. The molecule has 1 rings (SSSR count). The molecule has 19 heavy (non-hydrogen) atoms. The SMILES string of the molecule is CCCNCc1ccncc1OCCCC(F)(F)F. The highest BCUT2D eigenvalue weighted by Crippen LogP contribution is 2.22. The number of alkyl halides is 3. The molecule has 108 valence electrons. The predicted octanol–water partition coefficient (Wildman–Crippen LogP) is 3.30. The summed E-state index contributed by atoms with van der Waals surface area (Å²) in [6.45, 7) is 3.63. The van der Waals surface area contributed by atoms with Crippen molar-refractivity contribution in [3.8, 4) is 5.75 Å². The zero-order chi connectivity index (χ0) is 14.1. The number of aromatic nitrogens is 1. The van der Waals surface area contributed by atoms with Gasteiger partial charge in [0.2, 0.25) is 0 Å². The van der Waals surface area contributed by atoms with Crippen LogP contribution in [-0.4, -0.2) is 24.3 Å². The third kappa shape index (κ3) is 7.00. The van der Waals surface area contributed by atoms with Crippen molar-refractivity contribution in [1.29, 1.82) is 0 Å². The predicted molar refractivity (Wildman–Crippen MR) is 67.0 cm³/mol. The summed E-state index contributed by atoms with van der Waals surface area (Å²) in [7, 11) is 0. The molecule has 0 saturated heterocycles. The van der Waals surface area contributed by atoms with E-state index in [-0.39, 0.29) is 13.0 Å². The molecule has 1 heterocycles. The van der Waals surface area contributed by atoms with Crippen LogP contribution < -0.4 is 10.1 Å². The van der Waals surface area contributed by atoms with Gasteiger partial charge in [0.1, 0.15) is 5.75 Å². The van der Waals surface area contributed by atoms with Crippen LogP contribution in [0.5, 0.6) is 5.75 Å². The molecule has 6 heteroatoms. The van der Waals surface area contributed by atoms with Crippen LogP contribution in [0.4, 0.5) is 13.2 Å². The van der Waals surface area contributed by atoms with Crippen LogP contribution >= 0.6 is 0 Å². The largest absolute Gasteiger partial charge is 0.492 e. The van der Waals surface area contributed by atoms with Gasteiger partial charge in [-0.3, -0.25) is 4.98 Å². The molecule has 1 N–H and O–H groups in total. The van der Waals surface area contributed by atoms with Gasteiger partial charge >= 0.3 is 6.18 Å². The Balaban J connectivity index is 2.39. The smallest absolute Gasteiger partial charge is 0.389 e. The molecular weight excluding hydrogens is 257 g/mol. The fraction of sp³-hybridized carbons (Fsp3) is 0.615. The van der Waals surface area contributed by atoms with Crippen LogP contribution in [0, 0.1) is 0 Å². The molecule has 1 aromatic rings. The molecule has 0 spiro atoms. The highest BCUT2D eigenvalue weighted by Gasteiger charge is 2.26. The van der Waals surface area contributed by atoms with Crippen molar-refractivity contribution >= 4 is 0 Å². The summed E-state index contributed by atoms with van der Waals surface area (Å²) in [5.41, 5.74) is 0.912. The van der Waals surface area contributed by atoms with Gasteiger partial charge in [0.25, 0.3) is 0 Å². The number of pyridine rings is 1. The standard InChI is InChI=1S/C13H19F3N2O/c1-2-6-17-9-11-4-7-18-10-12(11)19-8-3-5-13(14,15)16/h4,7,10,17H,2-3,5-6,8-9H2,1H3. The van der Waals surface area contributed by atoms with E-state index in [9.17, 15) is 13.2 Å². The molecule has 3 nitrogen and oxygen atoms in total. The maximum atomic E-state index is 12.0.